The summed E-state index contributed by atoms with van der Waals surface area (Å²) in [7, 11) is 0. The highest BCUT2D eigenvalue weighted by Crippen LogP contribution is 2.24. The summed E-state index contributed by atoms with van der Waals surface area (Å²) in [6.07, 6.45) is 7.30. The normalized spacial score (nSPS) is 17.4. The molecule has 2 N–H and O–H groups in total. The van der Waals surface area contributed by atoms with E-state index >= 15 is 0 Å². The minimum absolute atomic E-state index is 0.0991. The Morgan fingerprint density at radius 3 is 2.81 bits per heavy atom. The predicted octanol–water partition coefficient (Wildman–Crippen LogP) is 3.58. The van der Waals surface area contributed by atoms with E-state index in [1.807, 2.05) is 58.0 Å². The molecule has 1 atom stereocenters. The molecule has 1 unspecified atom stereocenters. The van der Waals surface area contributed by atoms with Crippen LogP contribution in [0.5, 0.6) is 0 Å². The number of likely N-dealkylation sites (tertiary alicyclic amines) is 1. The van der Waals surface area contributed by atoms with Crippen LogP contribution in [-0.4, -0.2) is 39.3 Å². The van der Waals surface area contributed by atoms with E-state index in [2.05, 4.69) is 11.2 Å². The number of carbonyl (C=O) groups is 1. The fourth-order valence-electron chi connectivity index (χ4n) is 3.59. The fraction of sp³-hybridized carbons (Fsp3) is 0.333. The summed E-state index contributed by atoms with van der Waals surface area (Å²) >= 11 is 1.73. The van der Waals surface area contributed by atoms with Crippen molar-refractivity contribution in [2.45, 2.75) is 36.0 Å². The van der Waals surface area contributed by atoms with Gasteiger partial charge in [0.1, 0.15) is 5.65 Å². The largest absolute Gasteiger partial charge is 0.334 e. The van der Waals surface area contributed by atoms with E-state index < -0.39 is 0 Å². The number of amides is 1. The van der Waals surface area contributed by atoms with Gasteiger partial charge in [-0.15, -0.1) is 11.8 Å². The number of benzene rings is 1. The third kappa shape index (κ3) is 4.01. The Kier molecular flexibility index (Phi) is 5.45. The standard InChI is InChI=1S/C21H24N4OS/c22-13-18-5-1-4-12-25(18)21(26)16-7-9-19(10-8-16)27-15-17-14-24-11-3-2-6-20(24)23-17/h2-3,6-11,14,18H,1,4-5,12-13,15,22H2. The van der Waals surface area contributed by atoms with Gasteiger partial charge in [-0.05, 0) is 55.7 Å². The van der Waals surface area contributed by atoms with Gasteiger partial charge < -0.3 is 15.0 Å². The van der Waals surface area contributed by atoms with Crippen molar-refractivity contribution in [3.63, 3.8) is 0 Å². The molecule has 1 amide bonds. The van der Waals surface area contributed by atoms with Gasteiger partial charge in [-0.2, -0.15) is 0 Å². The smallest absolute Gasteiger partial charge is 0.254 e. The maximum atomic E-state index is 12.8. The van der Waals surface area contributed by atoms with E-state index in [0.29, 0.717) is 6.54 Å². The lowest BCUT2D eigenvalue weighted by Gasteiger charge is -2.35. The molecule has 6 heteroatoms. The molecule has 140 valence electrons. The first-order valence-electron chi connectivity index (χ1n) is 9.41. The van der Waals surface area contributed by atoms with Crippen LogP contribution < -0.4 is 5.73 Å². The molecule has 5 nitrogen and oxygen atoms in total. The number of thioether (sulfide) groups is 1. The zero-order valence-corrected chi connectivity index (χ0v) is 16.1. The number of aromatic nitrogens is 2. The molecule has 1 saturated heterocycles. The number of imidazole rings is 1. The average molecular weight is 381 g/mol. The molecular formula is C21H24N4OS. The summed E-state index contributed by atoms with van der Waals surface area (Å²) < 4.78 is 2.03. The molecule has 2 aromatic heterocycles. The van der Waals surface area contributed by atoms with E-state index in [0.717, 1.165) is 53.4 Å². The number of hydrogen-bond acceptors (Lipinski definition) is 4. The molecular weight excluding hydrogens is 356 g/mol. The van der Waals surface area contributed by atoms with Gasteiger partial charge in [0, 0.05) is 47.7 Å². The summed E-state index contributed by atoms with van der Waals surface area (Å²) in [6.45, 7) is 1.35. The van der Waals surface area contributed by atoms with E-state index in [1.165, 1.54) is 0 Å². The highest BCUT2D eigenvalue weighted by Gasteiger charge is 2.26. The van der Waals surface area contributed by atoms with Crippen LogP contribution in [0.1, 0.15) is 35.3 Å². The molecule has 4 rings (SSSR count). The maximum absolute atomic E-state index is 12.8. The van der Waals surface area contributed by atoms with Gasteiger partial charge >= 0.3 is 0 Å². The average Bonchev–Trinajstić information content (AvgIpc) is 3.15. The van der Waals surface area contributed by atoms with Crippen LogP contribution in [0.2, 0.25) is 0 Å². The van der Waals surface area contributed by atoms with Gasteiger partial charge in [0.25, 0.3) is 5.91 Å². The number of nitrogens with zero attached hydrogens (tertiary/aromatic N) is 3. The van der Waals surface area contributed by atoms with Gasteiger partial charge in [-0.25, -0.2) is 4.98 Å². The van der Waals surface area contributed by atoms with Crippen molar-refractivity contribution in [1.29, 1.82) is 0 Å². The van der Waals surface area contributed by atoms with Crippen LogP contribution in [0, 0.1) is 0 Å². The Hall–Kier alpha value is -2.31. The van der Waals surface area contributed by atoms with E-state index in [9.17, 15) is 4.79 Å². The van der Waals surface area contributed by atoms with E-state index in [1.54, 1.807) is 11.8 Å². The molecule has 3 heterocycles. The minimum Gasteiger partial charge on any atom is -0.334 e. The molecule has 0 spiro atoms. The van der Waals surface area contributed by atoms with Crippen molar-refractivity contribution in [3.8, 4) is 0 Å². The summed E-state index contributed by atoms with van der Waals surface area (Å²) in [5, 5.41) is 0. The minimum atomic E-state index is 0.0991. The highest BCUT2D eigenvalue weighted by atomic mass is 32.2. The predicted molar refractivity (Wildman–Crippen MR) is 109 cm³/mol. The summed E-state index contributed by atoms with van der Waals surface area (Å²) in [5.41, 5.74) is 8.60. The molecule has 3 aromatic rings. The second-order valence-electron chi connectivity index (χ2n) is 6.90. The Balaban J connectivity index is 1.40. The Bertz CT molecular complexity index is 888. The lowest BCUT2D eigenvalue weighted by molar-refractivity contribution is 0.0623. The quantitative estimate of drug-likeness (QED) is 0.687. The van der Waals surface area contributed by atoms with Crippen molar-refractivity contribution in [1.82, 2.24) is 14.3 Å². The molecule has 0 aliphatic carbocycles. The first kappa shape index (κ1) is 18.1. The first-order chi connectivity index (χ1) is 13.2. The third-order valence-corrected chi connectivity index (χ3v) is 6.11. The monoisotopic (exact) mass is 380 g/mol. The molecule has 27 heavy (non-hydrogen) atoms. The van der Waals surface area contributed by atoms with Crippen LogP contribution in [0.3, 0.4) is 0 Å². The van der Waals surface area contributed by atoms with Crippen molar-refractivity contribution in [2.75, 3.05) is 13.1 Å². The second kappa shape index (κ2) is 8.15. The Morgan fingerprint density at radius 1 is 1.19 bits per heavy atom. The van der Waals surface area contributed by atoms with Crippen LogP contribution in [-0.2, 0) is 5.75 Å². The van der Waals surface area contributed by atoms with Crippen molar-refractivity contribution in [2.24, 2.45) is 5.73 Å². The Labute approximate surface area is 163 Å². The molecule has 1 fully saturated rings. The number of hydrogen-bond donors (Lipinski definition) is 1. The number of nitrogens with two attached hydrogens (primary N) is 1. The SMILES string of the molecule is NCC1CCCCN1C(=O)c1ccc(SCc2cn3ccccc3n2)cc1. The summed E-state index contributed by atoms with van der Waals surface area (Å²) in [5.74, 6) is 0.901. The van der Waals surface area contributed by atoms with Gasteiger partial charge in [0.2, 0.25) is 0 Å². The van der Waals surface area contributed by atoms with Crippen LogP contribution in [0.25, 0.3) is 5.65 Å². The zero-order chi connectivity index (χ0) is 18.6. The topological polar surface area (TPSA) is 63.6 Å². The van der Waals surface area contributed by atoms with Crippen molar-refractivity contribution >= 4 is 23.3 Å². The lowest BCUT2D eigenvalue weighted by Crippen LogP contribution is -2.47. The molecule has 1 aliphatic heterocycles. The Morgan fingerprint density at radius 2 is 2.04 bits per heavy atom. The van der Waals surface area contributed by atoms with Gasteiger partial charge in [0.05, 0.1) is 5.69 Å². The lowest BCUT2D eigenvalue weighted by atomic mass is 10.0. The summed E-state index contributed by atoms with van der Waals surface area (Å²) in [6, 6.07) is 14.1. The molecule has 0 radical (unpaired) electrons. The van der Waals surface area contributed by atoms with Gasteiger partial charge in [-0.3, -0.25) is 4.79 Å². The molecule has 0 saturated carbocycles. The number of piperidine rings is 1. The van der Waals surface area contributed by atoms with Gasteiger partial charge in [0.15, 0.2) is 0 Å². The van der Waals surface area contributed by atoms with Crippen molar-refractivity contribution < 1.29 is 4.79 Å². The third-order valence-electron chi connectivity index (χ3n) is 5.06. The molecule has 0 bridgehead atoms. The van der Waals surface area contributed by atoms with Gasteiger partial charge in [-0.1, -0.05) is 6.07 Å². The second-order valence-corrected chi connectivity index (χ2v) is 7.94. The molecule has 1 aromatic carbocycles. The van der Waals surface area contributed by atoms with Crippen LogP contribution in [0.15, 0.2) is 59.8 Å². The number of pyridine rings is 1. The van der Waals surface area contributed by atoms with E-state index in [4.69, 9.17) is 5.73 Å². The maximum Gasteiger partial charge on any atom is 0.254 e. The van der Waals surface area contributed by atoms with E-state index in [-0.39, 0.29) is 11.9 Å². The summed E-state index contributed by atoms with van der Waals surface area (Å²) in [4.78, 5) is 20.5. The number of carbonyl (C=O) groups excluding carboxylic acids is 1. The first-order valence-corrected chi connectivity index (χ1v) is 10.4. The fourth-order valence-corrected chi connectivity index (χ4v) is 4.37. The zero-order valence-electron chi connectivity index (χ0n) is 15.3. The van der Waals surface area contributed by atoms with Crippen molar-refractivity contribution in [3.05, 3.63) is 66.1 Å². The molecule has 1 aliphatic rings. The number of rotatable bonds is 5. The number of fused-ring (bicyclic) bond motifs is 1. The van der Waals surface area contributed by atoms with Crippen LogP contribution >= 0.6 is 11.8 Å². The van der Waals surface area contributed by atoms with Crippen LogP contribution in [0.4, 0.5) is 0 Å². The highest BCUT2D eigenvalue weighted by molar-refractivity contribution is 7.98.